The highest BCUT2D eigenvalue weighted by Gasteiger charge is 2.36. The maximum absolute atomic E-state index is 12.0. The van der Waals surface area contributed by atoms with Crippen molar-refractivity contribution >= 4 is 13.3 Å². The Bertz CT molecular complexity index is 284. The molecular weight excluding hydrogens is 243 g/mol. The summed E-state index contributed by atoms with van der Waals surface area (Å²) in [6.07, 6.45) is 4.33. The quantitative estimate of drug-likeness (QED) is 0.342. The molecule has 0 radical (unpaired) electrons. The van der Waals surface area contributed by atoms with Crippen molar-refractivity contribution in [3.05, 3.63) is 25.3 Å². The summed E-state index contributed by atoms with van der Waals surface area (Å²) in [5, 5.41) is 0. The van der Waals surface area contributed by atoms with Crippen LogP contribution < -0.4 is 0 Å². The molecule has 0 aromatic rings. The van der Waals surface area contributed by atoms with Crippen LogP contribution in [-0.4, -0.2) is 25.5 Å². The van der Waals surface area contributed by atoms with Gasteiger partial charge in [-0.05, 0) is 6.42 Å². The van der Waals surface area contributed by atoms with Gasteiger partial charge in [0.15, 0.2) is 0 Å². The zero-order valence-corrected chi connectivity index (χ0v) is 11.0. The van der Waals surface area contributed by atoms with Crippen molar-refractivity contribution < 1.29 is 23.1 Å². The molecule has 0 atom stereocenters. The van der Waals surface area contributed by atoms with E-state index >= 15 is 0 Å². The molecule has 98 valence electrons. The molecule has 0 aliphatic carbocycles. The first-order chi connectivity index (χ1) is 8.10. The van der Waals surface area contributed by atoms with E-state index in [-0.39, 0.29) is 19.8 Å². The second-order valence-electron chi connectivity index (χ2n) is 3.13. The van der Waals surface area contributed by atoms with Gasteiger partial charge in [0.05, 0.1) is 19.8 Å². The van der Waals surface area contributed by atoms with Gasteiger partial charge in [0.25, 0.3) is 0 Å². The third-order valence-electron chi connectivity index (χ3n) is 1.67. The molecule has 0 unspecified atom stereocenters. The maximum Gasteiger partial charge on any atom is 0.438 e. The first kappa shape index (κ1) is 16.1. The van der Waals surface area contributed by atoms with Crippen LogP contribution in [0.2, 0.25) is 0 Å². The van der Waals surface area contributed by atoms with E-state index in [4.69, 9.17) is 13.8 Å². The zero-order chi connectivity index (χ0) is 13.1. The summed E-state index contributed by atoms with van der Waals surface area (Å²) in [6, 6.07) is 0. The number of hydrogen-bond acceptors (Lipinski definition) is 5. The van der Waals surface area contributed by atoms with Crippen molar-refractivity contribution in [2.75, 3.05) is 19.8 Å². The summed E-state index contributed by atoms with van der Waals surface area (Å²) < 4.78 is 26.6. The first-order valence-corrected chi connectivity index (χ1v) is 6.93. The van der Waals surface area contributed by atoms with Crippen LogP contribution in [-0.2, 0) is 18.3 Å². The average molecular weight is 262 g/mol. The minimum absolute atomic E-state index is 0.0443. The lowest BCUT2D eigenvalue weighted by atomic mass is 10.4. The maximum atomic E-state index is 12.0. The summed E-state index contributed by atoms with van der Waals surface area (Å²) in [5.41, 5.74) is -0.963. The van der Waals surface area contributed by atoms with Crippen LogP contribution in [0.4, 0.5) is 4.79 Å². The average Bonchev–Trinajstić information content (AvgIpc) is 2.34. The van der Waals surface area contributed by atoms with E-state index in [0.29, 0.717) is 6.42 Å². The molecule has 0 aromatic carbocycles. The van der Waals surface area contributed by atoms with Gasteiger partial charge >= 0.3 is 13.3 Å². The van der Waals surface area contributed by atoms with Crippen LogP contribution in [0.5, 0.6) is 0 Å². The zero-order valence-electron chi connectivity index (χ0n) is 10.1. The van der Waals surface area contributed by atoms with Crippen LogP contribution in [0.3, 0.4) is 0 Å². The molecule has 0 N–H and O–H groups in total. The highest BCUT2D eigenvalue weighted by Crippen LogP contribution is 2.50. The summed E-state index contributed by atoms with van der Waals surface area (Å²) in [4.78, 5) is 11.5. The fourth-order valence-electron chi connectivity index (χ4n) is 0.827. The standard InChI is InChI=1S/C11H19O5P/c1-4-7-10-14-11(12)17(13,15-8-5-2)16-9-6-3/h5-6H,2-4,7-10H2,1H3. The van der Waals surface area contributed by atoms with Gasteiger partial charge in [-0.1, -0.05) is 25.5 Å². The van der Waals surface area contributed by atoms with Gasteiger partial charge < -0.3 is 4.74 Å². The third kappa shape index (κ3) is 6.41. The SMILES string of the molecule is C=CCOP(=O)(OCC=C)C(=O)OCCCC. The summed E-state index contributed by atoms with van der Waals surface area (Å²) in [6.45, 7) is 8.88. The predicted octanol–water partition coefficient (Wildman–Crippen LogP) is 3.52. The Hall–Kier alpha value is -0.900. The molecule has 0 saturated carbocycles. The Morgan fingerprint density at radius 3 is 2.18 bits per heavy atom. The van der Waals surface area contributed by atoms with Crippen LogP contribution in [0, 0.1) is 0 Å². The lowest BCUT2D eigenvalue weighted by molar-refractivity contribution is 0.150. The fourth-order valence-corrected chi connectivity index (χ4v) is 1.97. The van der Waals surface area contributed by atoms with Crippen molar-refractivity contribution in [1.82, 2.24) is 0 Å². The minimum atomic E-state index is -3.89. The Labute approximate surface area is 102 Å². The Kier molecular flexibility index (Phi) is 8.68. The second kappa shape index (κ2) is 9.16. The molecule has 17 heavy (non-hydrogen) atoms. The van der Waals surface area contributed by atoms with E-state index in [9.17, 15) is 9.36 Å². The Morgan fingerprint density at radius 2 is 1.76 bits per heavy atom. The van der Waals surface area contributed by atoms with Crippen molar-refractivity contribution in [1.29, 1.82) is 0 Å². The van der Waals surface area contributed by atoms with Crippen LogP contribution in [0.1, 0.15) is 19.8 Å². The fraction of sp³-hybridized carbons (Fsp3) is 0.545. The van der Waals surface area contributed by atoms with Gasteiger partial charge in [-0.15, -0.1) is 13.2 Å². The number of unbranched alkanes of at least 4 members (excludes halogenated alkanes) is 1. The first-order valence-electron chi connectivity index (χ1n) is 5.39. The van der Waals surface area contributed by atoms with E-state index in [1.165, 1.54) is 12.2 Å². The molecule has 0 aliphatic rings. The molecule has 0 spiro atoms. The number of ether oxygens (including phenoxy) is 1. The highest BCUT2D eigenvalue weighted by atomic mass is 31.2. The number of hydrogen-bond donors (Lipinski definition) is 0. The van der Waals surface area contributed by atoms with Crippen LogP contribution >= 0.6 is 7.60 Å². The number of rotatable bonds is 10. The Balaban J connectivity index is 4.42. The monoisotopic (exact) mass is 262 g/mol. The number of carbonyl (C=O) groups is 1. The topological polar surface area (TPSA) is 61.8 Å². The molecule has 0 fully saturated rings. The van der Waals surface area contributed by atoms with E-state index in [0.717, 1.165) is 6.42 Å². The van der Waals surface area contributed by atoms with Gasteiger partial charge in [-0.25, -0.2) is 9.36 Å². The molecule has 0 rings (SSSR count). The van der Waals surface area contributed by atoms with E-state index < -0.39 is 13.3 Å². The lowest BCUT2D eigenvalue weighted by Crippen LogP contribution is -2.10. The van der Waals surface area contributed by atoms with Gasteiger partial charge in [0, 0.05) is 0 Å². The Morgan fingerprint density at radius 1 is 1.24 bits per heavy atom. The lowest BCUT2D eigenvalue weighted by Gasteiger charge is -2.15. The van der Waals surface area contributed by atoms with Crippen molar-refractivity contribution in [3.8, 4) is 0 Å². The predicted molar refractivity (Wildman–Crippen MR) is 66.2 cm³/mol. The van der Waals surface area contributed by atoms with E-state index in [1.54, 1.807) is 0 Å². The third-order valence-corrected chi connectivity index (χ3v) is 3.23. The molecule has 5 nitrogen and oxygen atoms in total. The normalized spacial score (nSPS) is 10.9. The summed E-state index contributed by atoms with van der Waals surface area (Å²) in [5.74, 6) is 0. The molecule has 0 aromatic heterocycles. The summed E-state index contributed by atoms with van der Waals surface area (Å²) >= 11 is 0. The highest BCUT2D eigenvalue weighted by molar-refractivity contribution is 7.71. The van der Waals surface area contributed by atoms with Gasteiger partial charge in [0.1, 0.15) is 0 Å². The molecule has 0 heterocycles. The van der Waals surface area contributed by atoms with E-state index in [2.05, 4.69) is 13.2 Å². The van der Waals surface area contributed by atoms with Gasteiger partial charge in [0.2, 0.25) is 0 Å². The molecule has 0 saturated heterocycles. The molecule has 6 heteroatoms. The summed E-state index contributed by atoms with van der Waals surface area (Å²) in [7, 11) is -3.89. The van der Waals surface area contributed by atoms with Crippen molar-refractivity contribution in [2.45, 2.75) is 19.8 Å². The second-order valence-corrected chi connectivity index (χ2v) is 5.01. The molecule has 0 aliphatic heterocycles. The van der Waals surface area contributed by atoms with Crippen molar-refractivity contribution in [2.24, 2.45) is 0 Å². The minimum Gasteiger partial charge on any atom is -0.457 e. The van der Waals surface area contributed by atoms with Crippen LogP contribution in [0.15, 0.2) is 25.3 Å². The van der Waals surface area contributed by atoms with Gasteiger partial charge in [-0.2, -0.15) is 0 Å². The van der Waals surface area contributed by atoms with Crippen LogP contribution in [0.25, 0.3) is 0 Å². The molecule has 0 bridgehead atoms. The molecular formula is C11H19O5P. The van der Waals surface area contributed by atoms with E-state index in [1.807, 2.05) is 6.92 Å². The van der Waals surface area contributed by atoms with Crippen molar-refractivity contribution in [3.63, 3.8) is 0 Å². The van der Waals surface area contributed by atoms with Gasteiger partial charge in [-0.3, -0.25) is 9.05 Å². The smallest absolute Gasteiger partial charge is 0.438 e. The number of carbonyl (C=O) groups excluding carboxylic acids is 1. The largest absolute Gasteiger partial charge is 0.457 e. The molecule has 0 amide bonds.